The first-order chi connectivity index (χ1) is 10.9. The minimum absolute atomic E-state index is 0.0398. The fraction of sp³-hybridized carbons (Fsp3) is 0.0667. The van der Waals surface area contributed by atoms with Gasteiger partial charge >= 0.3 is 5.97 Å². The number of nitrogens with zero attached hydrogens (tertiary/aromatic N) is 2. The van der Waals surface area contributed by atoms with Gasteiger partial charge in [-0.05, 0) is 24.3 Å². The summed E-state index contributed by atoms with van der Waals surface area (Å²) in [6.45, 7) is 0. The molecule has 0 spiro atoms. The Labute approximate surface area is 132 Å². The van der Waals surface area contributed by atoms with E-state index in [2.05, 4.69) is 9.72 Å². The van der Waals surface area contributed by atoms with Crippen LogP contribution in [0.25, 0.3) is 16.9 Å². The van der Waals surface area contributed by atoms with Crippen molar-refractivity contribution >= 4 is 21.6 Å². The first-order valence-electron chi connectivity index (χ1n) is 6.59. The molecule has 0 atom stereocenters. The van der Waals surface area contributed by atoms with Crippen LogP contribution in [0.4, 0.5) is 0 Å². The van der Waals surface area contributed by atoms with Crippen molar-refractivity contribution in [2.24, 2.45) is 5.14 Å². The molecule has 3 aromatic rings. The number of pyridine rings is 1. The van der Waals surface area contributed by atoms with Crippen molar-refractivity contribution in [3.63, 3.8) is 0 Å². The van der Waals surface area contributed by atoms with E-state index in [0.717, 1.165) is 5.56 Å². The Balaban J connectivity index is 2.02. The molecule has 23 heavy (non-hydrogen) atoms. The zero-order chi connectivity index (χ0) is 16.6. The maximum absolute atomic E-state index is 11.5. The van der Waals surface area contributed by atoms with Crippen LogP contribution in [0.5, 0.6) is 0 Å². The number of ether oxygens (including phenoxy) is 1. The lowest BCUT2D eigenvalue weighted by atomic mass is 10.2. The van der Waals surface area contributed by atoms with Gasteiger partial charge in [0, 0.05) is 18.0 Å². The molecule has 7 nitrogen and oxygen atoms in total. The van der Waals surface area contributed by atoms with Crippen LogP contribution in [0.2, 0.25) is 0 Å². The number of carbonyl (C=O) groups excluding carboxylic acids is 1. The van der Waals surface area contributed by atoms with E-state index in [1.54, 1.807) is 41.1 Å². The number of methoxy groups -OCH3 is 1. The first kappa shape index (κ1) is 15.2. The molecule has 2 heterocycles. The zero-order valence-corrected chi connectivity index (χ0v) is 12.9. The molecule has 0 unspecified atom stereocenters. The Kier molecular flexibility index (Phi) is 3.63. The third-order valence-electron chi connectivity index (χ3n) is 3.35. The molecular weight excluding hydrogens is 318 g/mol. The molecule has 1 aromatic carbocycles. The number of esters is 1. The van der Waals surface area contributed by atoms with Gasteiger partial charge in [0.2, 0.25) is 10.0 Å². The van der Waals surface area contributed by atoms with Crippen LogP contribution >= 0.6 is 0 Å². The molecule has 0 radical (unpaired) electrons. The molecule has 0 saturated heterocycles. The maximum Gasteiger partial charge on any atom is 0.339 e. The Hall–Kier alpha value is -2.71. The first-order valence-corrected chi connectivity index (χ1v) is 8.13. The fourth-order valence-corrected chi connectivity index (χ4v) is 2.70. The second kappa shape index (κ2) is 5.49. The van der Waals surface area contributed by atoms with E-state index in [1.165, 1.54) is 19.2 Å². The fourth-order valence-electron chi connectivity index (χ4n) is 2.18. The monoisotopic (exact) mass is 331 g/mol. The Morgan fingerprint density at radius 3 is 2.43 bits per heavy atom. The van der Waals surface area contributed by atoms with Gasteiger partial charge in [-0.15, -0.1) is 0 Å². The molecule has 0 saturated carbocycles. The van der Waals surface area contributed by atoms with Gasteiger partial charge in [0.15, 0.2) is 0 Å². The van der Waals surface area contributed by atoms with Gasteiger partial charge < -0.3 is 9.14 Å². The summed E-state index contributed by atoms with van der Waals surface area (Å²) in [4.78, 5) is 16.0. The summed E-state index contributed by atoms with van der Waals surface area (Å²) in [7, 11) is -2.40. The standard InChI is InChI=1S/C15H13N3O4S/c1-22-15(19)11-4-7-14-17-13(9-18(14)8-11)10-2-5-12(6-3-10)23(16,20)21/h2-9H,1H3,(H2,16,20,21). The van der Waals surface area contributed by atoms with E-state index in [9.17, 15) is 13.2 Å². The lowest BCUT2D eigenvalue weighted by Gasteiger charge is -1.99. The van der Waals surface area contributed by atoms with E-state index < -0.39 is 16.0 Å². The number of rotatable bonds is 3. The summed E-state index contributed by atoms with van der Waals surface area (Å²) in [5.41, 5.74) is 2.45. The number of carbonyl (C=O) groups is 1. The largest absolute Gasteiger partial charge is 0.465 e. The molecule has 0 amide bonds. The van der Waals surface area contributed by atoms with Crippen molar-refractivity contribution < 1.29 is 17.9 Å². The lowest BCUT2D eigenvalue weighted by molar-refractivity contribution is 0.0600. The predicted molar refractivity (Wildman–Crippen MR) is 83.3 cm³/mol. The highest BCUT2D eigenvalue weighted by atomic mass is 32.2. The van der Waals surface area contributed by atoms with Crippen molar-refractivity contribution in [3.8, 4) is 11.3 Å². The van der Waals surface area contributed by atoms with Crippen molar-refractivity contribution in [2.75, 3.05) is 7.11 Å². The minimum Gasteiger partial charge on any atom is -0.465 e. The molecule has 0 aliphatic rings. The Morgan fingerprint density at radius 2 is 1.83 bits per heavy atom. The van der Waals surface area contributed by atoms with Gasteiger partial charge in [0.25, 0.3) is 0 Å². The van der Waals surface area contributed by atoms with Crippen molar-refractivity contribution in [3.05, 3.63) is 54.4 Å². The number of nitrogens with two attached hydrogens (primary N) is 1. The number of imidazole rings is 1. The number of hydrogen-bond donors (Lipinski definition) is 1. The van der Waals surface area contributed by atoms with Gasteiger partial charge in [-0.25, -0.2) is 23.3 Å². The average molecular weight is 331 g/mol. The zero-order valence-electron chi connectivity index (χ0n) is 12.1. The number of fused-ring (bicyclic) bond motifs is 1. The molecule has 0 aliphatic carbocycles. The van der Waals surface area contributed by atoms with Gasteiger partial charge in [0.1, 0.15) is 5.65 Å². The number of aromatic nitrogens is 2. The minimum atomic E-state index is -3.72. The van der Waals surface area contributed by atoms with Gasteiger partial charge in [-0.1, -0.05) is 12.1 Å². The third-order valence-corrected chi connectivity index (χ3v) is 4.28. The highest BCUT2D eigenvalue weighted by molar-refractivity contribution is 7.89. The van der Waals surface area contributed by atoms with E-state index in [1.807, 2.05) is 0 Å². The lowest BCUT2D eigenvalue weighted by Crippen LogP contribution is -2.11. The van der Waals surface area contributed by atoms with E-state index in [4.69, 9.17) is 5.14 Å². The number of benzene rings is 1. The number of hydrogen-bond acceptors (Lipinski definition) is 5. The summed E-state index contributed by atoms with van der Waals surface area (Å²) < 4.78 is 28.9. The van der Waals surface area contributed by atoms with E-state index in [0.29, 0.717) is 16.9 Å². The van der Waals surface area contributed by atoms with Gasteiger partial charge in [-0.2, -0.15) is 0 Å². The topological polar surface area (TPSA) is 104 Å². The SMILES string of the molecule is COC(=O)c1ccc2nc(-c3ccc(S(N)(=O)=O)cc3)cn2c1. The van der Waals surface area contributed by atoms with Crippen LogP contribution in [0.15, 0.2) is 53.7 Å². The molecule has 118 valence electrons. The second-order valence-electron chi connectivity index (χ2n) is 4.87. The highest BCUT2D eigenvalue weighted by Gasteiger charge is 2.11. The number of sulfonamides is 1. The summed E-state index contributed by atoms with van der Waals surface area (Å²) in [6, 6.07) is 9.44. The van der Waals surface area contributed by atoms with Crippen LogP contribution in [-0.4, -0.2) is 30.9 Å². The van der Waals surface area contributed by atoms with Crippen LogP contribution in [0, 0.1) is 0 Å². The third kappa shape index (κ3) is 2.94. The van der Waals surface area contributed by atoms with Crippen molar-refractivity contribution in [1.82, 2.24) is 9.38 Å². The molecule has 0 fully saturated rings. The summed E-state index contributed by atoms with van der Waals surface area (Å²) in [5, 5.41) is 5.07. The van der Waals surface area contributed by atoms with Crippen LogP contribution in [-0.2, 0) is 14.8 Å². The van der Waals surface area contributed by atoms with Crippen molar-refractivity contribution in [2.45, 2.75) is 4.90 Å². The quantitative estimate of drug-likeness (QED) is 0.731. The second-order valence-corrected chi connectivity index (χ2v) is 6.43. The normalized spacial score (nSPS) is 11.6. The smallest absolute Gasteiger partial charge is 0.339 e. The molecule has 8 heteroatoms. The maximum atomic E-state index is 11.5. The Bertz CT molecular complexity index is 991. The summed E-state index contributed by atoms with van der Waals surface area (Å²) in [5.74, 6) is -0.431. The number of primary sulfonamides is 1. The van der Waals surface area contributed by atoms with Gasteiger partial charge in [0.05, 0.1) is 23.3 Å². The molecule has 2 N–H and O–H groups in total. The molecule has 2 aromatic heterocycles. The molecular formula is C15H13N3O4S. The van der Waals surface area contributed by atoms with Gasteiger partial charge in [-0.3, -0.25) is 0 Å². The molecule has 0 bridgehead atoms. The summed E-state index contributed by atoms with van der Waals surface area (Å²) >= 11 is 0. The predicted octanol–water partition coefficient (Wildman–Crippen LogP) is 1.44. The van der Waals surface area contributed by atoms with Crippen molar-refractivity contribution in [1.29, 1.82) is 0 Å². The summed E-state index contributed by atoms with van der Waals surface area (Å²) in [6.07, 6.45) is 3.37. The van der Waals surface area contributed by atoms with Crippen LogP contribution in [0.3, 0.4) is 0 Å². The van der Waals surface area contributed by atoms with E-state index >= 15 is 0 Å². The van der Waals surface area contributed by atoms with Crippen LogP contribution < -0.4 is 5.14 Å². The molecule has 3 rings (SSSR count). The highest BCUT2D eigenvalue weighted by Crippen LogP contribution is 2.21. The van der Waals surface area contributed by atoms with Crippen LogP contribution in [0.1, 0.15) is 10.4 Å². The van der Waals surface area contributed by atoms with E-state index in [-0.39, 0.29) is 4.90 Å². The average Bonchev–Trinajstić information content (AvgIpc) is 2.96. The molecule has 0 aliphatic heterocycles. The Morgan fingerprint density at radius 1 is 1.13 bits per heavy atom.